The molecule has 4 rings (SSSR count). The van der Waals surface area contributed by atoms with Crippen molar-refractivity contribution < 1.29 is 9.32 Å². The van der Waals surface area contributed by atoms with Crippen LogP contribution in [0, 0.1) is 13.8 Å². The van der Waals surface area contributed by atoms with E-state index in [9.17, 15) is 4.79 Å². The predicted octanol–water partition coefficient (Wildman–Crippen LogP) is 1.64. The Kier molecular flexibility index (Phi) is 3.37. The first-order chi connectivity index (χ1) is 11.6. The fourth-order valence-electron chi connectivity index (χ4n) is 2.82. The number of likely N-dealkylation sites (tertiary alicyclic amines) is 1. The Labute approximate surface area is 138 Å². The van der Waals surface area contributed by atoms with Crippen LogP contribution in [0.25, 0.3) is 11.4 Å². The highest BCUT2D eigenvalue weighted by Gasteiger charge is 2.35. The fraction of sp³-hybridized carbons (Fsp3) is 0.312. The van der Waals surface area contributed by atoms with Crippen molar-refractivity contribution in [1.29, 1.82) is 0 Å². The SMILES string of the molecule is Cc1nc(C)n(C2CN(C(=O)c3cc(-c4ccccn4)no3)C2)n1. The lowest BCUT2D eigenvalue weighted by Gasteiger charge is -2.38. The van der Waals surface area contributed by atoms with Gasteiger partial charge in [-0.25, -0.2) is 9.67 Å². The lowest BCUT2D eigenvalue weighted by atomic mass is 10.1. The van der Waals surface area contributed by atoms with Crippen LogP contribution in [0.1, 0.15) is 28.2 Å². The van der Waals surface area contributed by atoms with E-state index in [-0.39, 0.29) is 17.7 Å². The topological polar surface area (TPSA) is 89.9 Å². The van der Waals surface area contributed by atoms with E-state index < -0.39 is 0 Å². The zero-order chi connectivity index (χ0) is 16.7. The van der Waals surface area contributed by atoms with E-state index in [1.54, 1.807) is 17.2 Å². The third-order valence-corrected chi connectivity index (χ3v) is 4.05. The van der Waals surface area contributed by atoms with Crippen molar-refractivity contribution in [2.75, 3.05) is 13.1 Å². The third-order valence-electron chi connectivity index (χ3n) is 4.05. The summed E-state index contributed by atoms with van der Waals surface area (Å²) in [6.45, 7) is 4.95. The minimum absolute atomic E-state index is 0.160. The molecule has 1 amide bonds. The molecule has 1 aliphatic heterocycles. The van der Waals surface area contributed by atoms with E-state index in [0.29, 0.717) is 24.5 Å². The maximum atomic E-state index is 12.5. The standard InChI is InChI=1S/C16H16N6O2/c1-10-18-11(2)22(19-10)12-8-21(9-12)16(23)15-7-14(20-24-15)13-5-3-4-6-17-13/h3-7,12H,8-9H2,1-2H3. The van der Waals surface area contributed by atoms with Crippen molar-refractivity contribution in [2.45, 2.75) is 19.9 Å². The molecule has 0 spiro atoms. The Balaban J connectivity index is 1.45. The van der Waals surface area contributed by atoms with Gasteiger partial charge in [-0.1, -0.05) is 11.2 Å². The number of carbonyl (C=O) groups is 1. The Hall–Kier alpha value is -3.03. The van der Waals surface area contributed by atoms with Crippen molar-refractivity contribution in [1.82, 2.24) is 29.8 Å². The lowest BCUT2D eigenvalue weighted by molar-refractivity contribution is 0.0456. The zero-order valence-electron chi connectivity index (χ0n) is 13.4. The van der Waals surface area contributed by atoms with Gasteiger partial charge in [0, 0.05) is 25.4 Å². The Morgan fingerprint density at radius 2 is 2.08 bits per heavy atom. The smallest absolute Gasteiger partial charge is 0.292 e. The molecule has 0 radical (unpaired) electrons. The van der Waals surface area contributed by atoms with Crippen LogP contribution < -0.4 is 0 Å². The van der Waals surface area contributed by atoms with Crippen molar-refractivity contribution in [3.63, 3.8) is 0 Å². The molecule has 3 aromatic heterocycles. The summed E-state index contributed by atoms with van der Waals surface area (Å²) in [6.07, 6.45) is 1.67. The highest BCUT2D eigenvalue weighted by atomic mass is 16.5. The molecule has 24 heavy (non-hydrogen) atoms. The Morgan fingerprint density at radius 1 is 1.25 bits per heavy atom. The van der Waals surface area contributed by atoms with Crippen molar-refractivity contribution in [3.05, 3.63) is 47.9 Å². The summed E-state index contributed by atoms with van der Waals surface area (Å²) in [5, 5.41) is 8.30. The number of aryl methyl sites for hydroxylation is 2. The first-order valence-corrected chi connectivity index (χ1v) is 7.69. The van der Waals surface area contributed by atoms with Gasteiger partial charge in [-0.15, -0.1) is 0 Å². The largest absolute Gasteiger partial charge is 0.350 e. The second-order valence-corrected chi connectivity index (χ2v) is 5.81. The van der Waals surface area contributed by atoms with Gasteiger partial charge in [-0.05, 0) is 26.0 Å². The molecule has 122 valence electrons. The average Bonchev–Trinajstić information content (AvgIpc) is 3.14. The molecule has 4 heterocycles. The van der Waals surface area contributed by atoms with Crippen molar-refractivity contribution >= 4 is 5.91 Å². The number of pyridine rings is 1. The van der Waals surface area contributed by atoms with Crippen LogP contribution >= 0.6 is 0 Å². The number of rotatable bonds is 3. The molecule has 1 fully saturated rings. The second-order valence-electron chi connectivity index (χ2n) is 5.81. The van der Waals surface area contributed by atoms with Gasteiger partial charge in [0.1, 0.15) is 17.3 Å². The fourth-order valence-corrected chi connectivity index (χ4v) is 2.82. The van der Waals surface area contributed by atoms with E-state index in [0.717, 1.165) is 11.6 Å². The number of hydrogen-bond acceptors (Lipinski definition) is 6. The molecule has 1 saturated heterocycles. The lowest BCUT2D eigenvalue weighted by Crippen LogP contribution is -2.51. The first-order valence-electron chi connectivity index (χ1n) is 7.69. The van der Waals surface area contributed by atoms with Gasteiger partial charge in [0.25, 0.3) is 5.91 Å². The van der Waals surface area contributed by atoms with Crippen LogP contribution in [-0.4, -0.2) is 48.8 Å². The van der Waals surface area contributed by atoms with Crippen LogP contribution in [0.2, 0.25) is 0 Å². The normalized spacial score (nSPS) is 14.7. The van der Waals surface area contributed by atoms with Gasteiger partial charge in [0.05, 0.1) is 11.7 Å². The Morgan fingerprint density at radius 3 is 2.75 bits per heavy atom. The van der Waals surface area contributed by atoms with Gasteiger partial charge >= 0.3 is 0 Å². The van der Waals surface area contributed by atoms with E-state index in [1.165, 1.54) is 0 Å². The molecule has 0 aliphatic carbocycles. The van der Waals surface area contributed by atoms with E-state index >= 15 is 0 Å². The molecule has 8 heteroatoms. The second kappa shape index (κ2) is 5.55. The maximum absolute atomic E-state index is 12.5. The van der Waals surface area contributed by atoms with Crippen molar-refractivity contribution in [2.24, 2.45) is 0 Å². The van der Waals surface area contributed by atoms with Crippen LogP contribution in [0.4, 0.5) is 0 Å². The summed E-state index contributed by atoms with van der Waals surface area (Å²) < 4.78 is 7.06. The first kappa shape index (κ1) is 14.6. The molecule has 8 nitrogen and oxygen atoms in total. The van der Waals surface area contributed by atoms with E-state index in [2.05, 4.69) is 20.2 Å². The molecular formula is C16H16N6O2. The monoisotopic (exact) mass is 324 g/mol. The minimum Gasteiger partial charge on any atom is -0.350 e. The summed E-state index contributed by atoms with van der Waals surface area (Å²) in [5.74, 6) is 1.66. The average molecular weight is 324 g/mol. The number of nitrogens with zero attached hydrogens (tertiary/aromatic N) is 6. The van der Waals surface area contributed by atoms with Crippen LogP contribution in [-0.2, 0) is 0 Å². The maximum Gasteiger partial charge on any atom is 0.292 e. The van der Waals surface area contributed by atoms with Gasteiger partial charge in [0.15, 0.2) is 0 Å². The van der Waals surface area contributed by atoms with Crippen LogP contribution in [0.5, 0.6) is 0 Å². The summed E-state index contributed by atoms with van der Waals surface area (Å²) in [5.41, 5.74) is 1.23. The molecule has 0 aromatic carbocycles. The third kappa shape index (κ3) is 2.45. The molecule has 0 saturated carbocycles. The number of aromatic nitrogens is 5. The quantitative estimate of drug-likeness (QED) is 0.727. The molecule has 3 aromatic rings. The molecule has 0 atom stereocenters. The summed E-state index contributed by atoms with van der Waals surface area (Å²) >= 11 is 0. The van der Waals surface area contributed by atoms with Gasteiger partial charge in [0.2, 0.25) is 5.76 Å². The predicted molar refractivity (Wildman–Crippen MR) is 84.2 cm³/mol. The number of amides is 1. The number of hydrogen-bond donors (Lipinski definition) is 0. The van der Waals surface area contributed by atoms with Gasteiger partial charge < -0.3 is 9.42 Å². The summed E-state index contributed by atoms with van der Waals surface area (Å²) in [6, 6.07) is 7.29. The minimum atomic E-state index is -0.171. The summed E-state index contributed by atoms with van der Waals surface area (Å²) in [4.78, 5) is 22.7. The van der Waals surface area contributed by atoms with Crippen LogP contribution in [0.15, 0.2) is 35.0 Å². The molecule has 0 bridgehead atoms. The number of carbonyl (C=O) groups excluding carboxylic acids is 1. The Bertz CT molecular complexity index is 879. The van der Waals surface area contributed by atoms with Crippen molar-refractivity contribution in [3.8, 4) is 11.4 Å². The molecule has 1 aliphatic rings. The highest BCUT2D eigenvalue weighted by molar-refractivity contribution is 5.92. The zero-order valence-corrected chi connectivity index (χ0v) is 13.4. The highest BCUT2D eigenvalue weighted by Crippen LogP contribution is 2.25. The molecule has 0 N–H and O–H groups in total. The van der Waals surface area contributed by atoms with Crippen LogP contribution in [0.3, 0.4) is 0 Å². The van der Waals surface area contributed by atoms with Gasteiger partial charge in [-0.2, -0.15) is 5.10 Å². The summed E-state index contributed by atoms with van der Waals surface area (Å²) in [7, 11) is 0. The molecule has 0 unspecified atom stereocenters. The van der Waals surface area contributed by atoms with E-state index in [4.69, 9.17) is 4.52 Å². The molecular weight excluding hydrogens is 308 g/mol. The van der Waals surface area contributed by atoms with Gasteiger partial charge in [-0.3, -0.25) is 9.78 Å². The van der Waals surface area contributed by atoms with E-state index in [1.807, 2.05) is 36.7 Å².